The number of esters is 1. The van der Waals surface area contributed by atoms with Gasteiger partial charge in [0.05, 0.1) is 18.7 Å². The van der Waals surface area contributed by atoms with Crippen molar-refractivity contribution < 1.29 is 19.1 Å². The van der Waals surface area contributed by atoms with Gasteiger partial charge in [-0.1, -0.05) is 11.8 Å². The van der Waals surface area contributed by atoms with Crippen LogP contribution in [0.5, 0.6) is 0 Å². The number of nitrogens with one attached hydrogen (secondary N) is 1. The van der Waals surface area contributed by atoms with E-state index in [1.54, 1.807) is 45.9 Å². The van der Waals surface area contributed by atoms with E-state index in [2.05, 4.69) is 17.2 Å². The van der Waals surface area contributed by atoms with Crippen molar-refractivity contribution in [2.75, 3.05) is 18.9 Å². The zero-order chi connectivity index (χ0) is 17.5. The minimum absolute atomic E-state index is 0.109. The maximum atomic E-state index is 11.7. The Morgan fingerprint density at radius 3 is 2.61 bits per heavy atom. The Balaban J connectivity index is 2.69. The Morgan fingerprint density at radius 1 is 1.30 bits per heavy atom. The average molecular weight is 318 g/mol. The second-order valence-electron chi connectivity index (χ2n) is 5.68. The van der Waals surface area contributed by atoms with E-state index in [1.807, 2.05) is 0 Å². The van der Waals surface area contributed by atoms with Crippen molar-refractivity contribution in [2.24, 2.45) is 0 Å². The zero-order valence-corrected chi connectivity index (χ0v) is 13.9. The lowest BCUT2D eigenvalue weighted by molar-refractivity contribution is 0.0519. The van der Waals surface area contributed by atoms with Crippen LogP contribution in [0.2, 0.25) is 0 Å². The second kappa shape index (κ2) is 8.08. The molecule has 0 spiro atoms. The summed E-state index contributed by atoms with van der Waals surface area (Å²) in [5.74, 6) is 5.15. The molecule has 0 aromatic heterocycles. The maximum Gasteiger partial charge on any atom is 0.408 e. The molecule has 23 heavy (non-hydrogen) atoms. The number of carbonyl (C=O) groups is 2. The molecule has 0 fully saturated rings. The van der Waals surface area contributed by atoms with Gasteiger partial charge in [-0.05, 0) is 45.9 Å². The zero-order valence-electron chi connectivity index (χ0n) is 13.9. The molecular weight excluding hydrogens is 296 g/mol. The van der Waals surface area contributed by atoms with Crippen LogP contribution in [0.1, 0.15) is 43.6 Å². The van der Waals surface area contributed by atoms with E-state index in [-0.39, 0.29) is 6.54 Å². The summed E-state index contributed by atoms with van der Waals surface area (Å²) >= 11 is 0. The van der Waals surface area contributed by atoms with Gasteiger partial charge in [0.2, 0.25) is 0 Å². The summed E-state index contributed by atoms with van der Waals surface area (Å²) in [6.45, 7) is 7.47. The summed E-state index contributed by atoms with van der Waals surface area (Å²) in [6, 6.07) is 4.74. The van der Waals surface area contributed by atoms with Crippen LogP contribution in [0, 0.1) is 11.8 Å². The number of hydrogen-bond donors (Lipinski definition) is 2. The molecule has 6 nitrogen and oxygen atoms in total. The van der Waals surface area contributed by atoms with Crippen molar-refractivity contribution in [3.8, 4) is 11.8 Å². The molecule has 0 saturated heterocycles. The van der Waals surface area contributed by atoms with E-state index in [1.165, 1.54) is 0 Å². The molecule has 1 rings (SSSR count). The first kappa shape index (κ1) is 18.4. The summed E-state index contributed by atoms with van der Waals surface area (Å²) in [7, 11) is 0. The molecule has 124 valence electrons. The first-order valence-electron chi connectivity index (χ1n) is 7.25. The molecule has 0 radical (unpaired) electrons. The summed E-state index contributed by atoms with van der Waals surface area (Å²) in [5.41, 5.74) is 6.59. The van der Waals surface area contributed by atoms with E-state index >= 15 is 0 Å². The van der Waals surface area contributed by atoms with Crippen LogP contribution >= 0.6 is 0 Å². The highest BCUT2D eigenvalue weighted by atomic mass is 16.6. The summed E-state index contributed by atoms with van der Waals surface area (Å²) < 4.78 is 10.0. The monoisotopic (exact) mass is 318 g/mol. The fraction of sp³-hybridized carbons (Fsp3) is 0.412. The molecule has 1 aromatic carbocycles. The molecule has 0 bridgehead atoms. The van der Waals surface area contributed by atoms with Crippen LogP contribution in [-0.4, -0.2) is 30.8 Å². The van der Waals surface area contributed by atoms with E-state index in [0.717, 1.165) is 0 Å². The lowest BCUT2D eigenvalue weighted by Crippen LogP contribution is -2.32. The lowest BCUT2D eigenvalue weighted by Gasteiger charge is -2.19. The molecule has 0 atom stereocenters. The number of hydrogen-bond acceptors (Lipinski definition) is 5. The molecule has 3 N–H and O–H groups in total. The summed E-state index contributed by atoms with van der Waals surface area (Å²) in [5, 5.41) is 2.52. The Labute approximate surface area is 136 Å². The number of nitrogen functional groups attached to an aromatic ring is 1. The quantitative estimate of drug-likeness (QED) is 0.507. The van der Waals surface area contributed by atoms with E-state index in [0.29, 0.717) is 23.4 Å². The number of benzene rings is 1. The average Bonchev–Trinajstić information content (AvgIpc) is 2.43. The Kier molecular flexibility index (Phi) is 6.46. The van der Waals surface area contributed by atoms with Gasteiger partial charge in [-0.3, -0.25) is 0 Å². The standard InChI is InChI=1S/C17H22N2O4/c1-5-22-15(20)13-8-9-14(18)12(11-13)7-6-10-19-16(21)23-17(2,3)4/h8-9,11H,5,10,18H2,1-4H3,(H,19,21). The van der Waals surface area contributed by atoms with Crippen LogP contribution in [0.4, 0.5) is 10.5 Å². The number of alkyl carbamates (subject to hydrolysis) is 1. The van der Waals surface area contributed by atoms with Gasteiger partial charge in [-0.2, -0.15) is 0 Å². The third-order valence-corrected chi connectivity index (χ3v) is 2.51. The molecule has 0 heterocycles. The summed E-state index contributed by atoms with van der Waals surface area (Å²) in [6.07, 6.45) is -0.542. The van der Waals surface area contributed by atoms with Gasteiger partial charge in [0.1, 0.15) is 5.60 Å². The molecule has 0 aliphatic heterocycles. The number of amides is 1. The first-order valence-corrected chi connectivity index (χ1v) is 7.25. The maximum absolute atomic E-state index is 11.7. The van der Waals surface area contributed by atoms with Gasteiger partial charge >= 0.3 is 12.1 Å². The molecule has 1 amide bonds. The topological polar surface area (TPSA) is 90.6 Å². The van der Waals surface area contributed by atoms with Crippen LogP contribution < -0.4 is 11.1 Å². The number of ether oxygens (including phenoxy) is 2. The third kappa shape index (κ3) is 6.74. The number of nitrogens with two attached hydrogens (primary N) is 1. The van der Waals surface area contributed by atoms with Crippen molar-refractivity contribution in [1.82, 2.24) is 5.32 Å². The van der Waals surface area contributed by atoms with Crippen LogP contribution in [0.25, 0.3) is 0 Å². The normalized spacial score (nSPS) is 10.3. The first-order chi connectivity index (χ1) is 10.7. The highest BCUT2D eigenvalue weighted by Crippen LogP contribution is 2.14. The fourth-order valence-corrected chi connectivity index (χ4v) is 1.58. The fourth-order valence-electron chi connectivity index (χ4n) is 1.58. The predicted octanol–water partition coefficient (Wildman–Crippen LogP) is 2.32. The molecular formula is C17H22N2O4. The Hall–Kier alpha value is -2.68. The van der Waals surface area contributed by atoms with Crippen LogP contribution in [0.15, 0.2) is 18.2 Å². The largest absolute Gasteiger partial charge is 0.462 e. The molecule has 0 saturated carbocycles. The van der Waals surface area contributed by atoms with Gasteiger partial charge in [-0.15, -0.1) is 0 Å². The van der Waals surface area contributed by atoms with Gasteiger partial charge in [0.25, 0.3) is 0 Å². The van der Waals surface area contributed by atoms with Crippen molar-refractivity contribution in [2.45, 2.75) is 33.3 Å². The van der Waals surface area contributed by atoms with E-state index < -0.39 is 17.7 Å². The minimum atomic E-state index is -0.560. The highest BCUT2D eigenvalue weighted by Gasteiger charge is 2.15. The van der Waals surface area contributed by atoms with Crippen molar-refractivity contribution in [3.05, 3.63) is 29.3 Å². The highest BCUT2D eigenvalue weighted by molar-refractivity contribution is 5.90. The smallest absolute Gasteiger partial charge is 0.408 e. The van der Waals surface area contributed by atoms with Crippen LogP contribution in [0.3, 0.4) is 0 Å². The van der Waals surface area contributed by atoms with E-state index in [4.69, 9.17) is 15.2 Å². The molecule has 0 unspecified atom stereocenters. The third-order valence-electron chi connectivity index (χ3n) is 2.51. The van der Waals surface area contributed by atoms with Crippen LogP contribution in [-0.2, 0) is 9.47 Å². The Morgan fingerprint density at radius 2 is 2.00 bits per heavy atom. The SMILES string of the molecule is CCOC(=O)c1ccc(N)c(C#CCNC(=O)OC(C)(C)C)c1. The summed E-state index contributed by atoms with van der Waals surface area (Å²) in [4.78, 5) is 23.1. The van der Waals surface area contributed by atoms with Crippen molar-refractivity contribution >= 4 is 17.7 Å². The van der Waals surface area contributed by atoms with Gasteiger partial charge in [0.15, 0.2) is 0 Å². The minimum Gasteiger partial charge on any atom is -0.462 e. The molecule has 6 heteroatoms. The number of carbonyl (C=O) groups excluding carboxylic acids is 2. The number of rotatable bonds is 3. The van der Waals surface area contributed by atoms with Gasteiger partial charge < -0.3 is 20.5 Å². The molecule has 0 aliphatic carbocycles. The van der Waals surface area contributed by atoms with Crippen molar-refractivity contribution in [1.29, 1.82) is 0 Å². The Bertz CT molecular complexity index is 636. The number of anilines is 1. The van der Waals surface area contributed by atoms with E-state index in [9.17, 15) is 9.59 Å². The lowest BCUT2D eigenvalue weighted by atomic mass is 10.1. The second-order valence-corrected chi connectivity index (χ2v) is 5.68. The predicted molar refractivity (Wildman–Crippen MR) is 87.9 cm³/mol. The molecule has 0 aliphatic rings. The van der Waals surface area contributed by atoms with Gasteiger partial charge in [0, 0.05) is 11.3 Å². The van der Waals surface area contributed by atoms with Crippen molar-refractivity contribution in [3.63, 3.8) is 0 Å². The molecule has 1 aromatic rings. The van der Waals surface area contributed by atoms with Gasteiger partial charge in [-0.25, -0.2) is 9.59 Å².